The van der Waals surface area contributed by atoms with Crippen molar-refractivity contribution in [2.75, 3.05) is 0 Å². The lowest BCUT2D eigenvalue weighted by Crippen LogP contribution is -2.58. The second-order valence-corrected chi connectivity index (χ2v) is 13.4. The van der Waals surface area contributed by atoms with Crippen molar-refractivity contribution < 1.29 is 19.2 Å². The van der Waals surface area contributed by atoms with Gasteiger partial charge in [0.15, 0.2) is 0 Å². The molecule has 4 amide bonds. The molecule has 0 bridgehead atoms. The largest absolute Gasteiger partial charge is 0.368 e. The number of hydrogen-bond donors (Lipinski definition) is 5. The average molecular weight is 668 g/mol. The summed E-state index contributed by atoms with van der Waals surface area (Å²) in [6.07, 6.45) is 0.868. The molecule has 0 aliphatic carbocycles. The zero-order valence-corrected chi connectivity index (χ0v) is 27.3. The van der Waals surface area contributed by atoms with E-state index in [9.17, 15) is 19.2 Å². The maximum atomic E-state index is 14.0. The van der Waals surface area contributed by atoms with E-state index < -0.39 is 47.8 Å². The van der Waals surface area contributed by atoms with E-state index >= 15 is 0 Å². The molecule has 3 aromatic carbocycles. The fourth-order valence-corrected chi connectivity index (χ4v) is 6.80. The lowest BCUT2D eigenvalue weighted by atomic mass is 9.99. The number of carbonyl (C=O) groups is 4. The molecule has 5 aromatic rings. The Bertz CT molecular complexity index is 1790. The summed E-state index contributed by atoms with van der Waals surface area (Å²) in [7, 11) is 0. The first-order chi connectivity index (χ1) is 22.7. The number of carbonyl (C=O) groups excluding carboxylic acids is 4. The molecule has 9 nitrogen and oxygen atoms in total. The lowest BCUT2D eigenvalue weighted by molar-refractivity contribution is -0.133. The molecule has 7 N–H and O–H groups in total. The Labute approximate surface area is 281 Å². The zero-order chi connectivity index (χ0) is 33.2. The van der Waals surface area contributed by atoms with E-state index in [1.807, 2.05) is 108 Å². The summed E-state index contributed by atoms with van der Waals surface area (Å²) in [5.41, 5.74) is 13.6. The first-order valence-electron chi connectivity index (χ1n) is 15.3. The monoisotopic (exact) mass is 667 g/mol. The highest BCUT2D eigenvalue weighted by Crippen LogP contribution is 2.18. The molecule has 0 fully saturated rings. The molecule has 11 heteroatoms. The maximum absolute atomic E-state index is 14.0. The van der Waals surface area contributed by atoms with E-state index in [2.05, 4.69) is 16.0 Å². The molecule has 0 radical (unpaired) electrons. The number of fused-ring (bicyclic) bond motifs is 1. The highest BCUT2D eigenvalue weighted by atomic mass is 32.1. The van der Waals surface area contributed by atoms with Gasteiger partial charge in [-0.2, -0.15) is 0 Å². The molecule has 0 aliphatic heterocycles. The second-order valence-electron chi connectivity index (χ2n) is 11.3. The second kappa shape index (κ2) is 16.1. The van der Waals surface area contributed by atoms with Crippen LogP contribution >= 0.6 is 22.7 Å². The number of hydrogen-bond acceptors (Lipinski definition) is 7. The minimum absolute atomic E-state index is 0.136. The summed E-state index contributed by atoms with van der Waals surface area (Å²) < 4.78 is 0. The number of nitrogens with two attached hydrogens (primary N) is 2. The number of nitrogens with one attached hydrogen (secondary N) is 3. The van der Waals surface area contributed by atoms with E-state index in [-0.39, 0.29) is 19.3 Å². The van der Waals surface area contributed by atoms with Crippen LogP contribution in [0.3, 0.4) is 0 Å². The number of primary amides is 1. The molecule has 0 saturated heterocycles. The Morgan fingerprint density at radius 1 is 0.553 bits per heavy atom. The van der Waals surface area contributed by atoms with Gasteiger partial charge in [-0.3, -0.25) is 19.2 Å². The lowest BCUT2D eigenvalue weighted by Gasteiger charge is -2.26. The quantitative estimate of drug-likeness (QED) is 0.116. The third-order valence-electron chi connectivity index (χ3n) is 7.79. The third-order valence-corrected chi connectivity index (χ3v) is 9.58. The van der Waals surface area contributed by atoms with Crippen molar-refractivity contribution in [1.29, 1.82) is 0 Å². The van der Waals surface area contributed by atoms with Crippen LogP contribution < -0.4 is 27.4 Å². The minimum atomic E-state index is -1.08. The molecule has 47 heavy (non-hydrogen) atoms. The Morgan fingerprint density at radius 3 is 1.72 bits per heavy atom. The Hall–Kier alpha value is -4.84. The fraction of sp³-hybridized carbons (Fsp3) is 0.222. The molecular weight excluding hydrogens is 631 g/mol. The summed E-state index contributed by atoms with van der Waals surface area (Å²) in [6, 6.07) is 26.5. The number of amides is 4. The summed E-state index contributed by atoms with van der Waals surface area (Å²) in [6.45, 7) is 0. The summed E-state index contributed by atoms with van der Waals surface area (Å²) >= 11 is 2.95. The SMILES string of the molecule is NC(=O)C(Cc1cccs1)NC(=O)C(Cc1ccc2ccccc2c1)NC(=O)C(Cc1ccccc1)NC(=O)C(N)Cc1cccs1. The van der Waals surface area contributed by atoms with Crippen LogP contribution in [0.5, 0.6) is 0 Å². The Balaban J connectivity index is 1.38. The predicted octanol–water partition coefficient (Wildman–Crippen LogP) is 3.50. The van der Waals surface area contributed by atoms with Gasteiger partial charge >= 0.3 is 0 Å². The van der Waals surface area contributed by atoms with Crippen LogP contribution in [0.25, 0.3) is 10.8 Å². The maximum Gasteiger partial charge on any atom is 0.243 e. The van der Waals surface area contributed by atoms with Crippen molar-refractivity contribution in [2.45, 2.75) is 49.9 Å². The molecule has 0 aliphatic rings. The van der Waals surface area contributed by atoms with E-state index in [1.54, 1.807) is 0 Å². The highest BCUT2D eigenvalue weighted by molar-refractivity contribution is 7.10. The zero-order valence-electron chi connectivity index (χ0n) is 25.6. The Morgan fingerprint density at radius 2 is 1.11 bits per heavy atom. The van der Waals surface area contributed by atoms with Crippen molar-refractivity contribution in [3.63, 3.8) is 0 Å². The van der Waals surface area contributed by atoms with Gasteiger partial charge in [-0.1, -0.05) is 84.9 Å². The van der Waals surface area contributed by atoms with Crippen LogP contribution in [-0.4, -0.2) is 47.8 Å². The van der Waals surface area contributed by atoms with Gasteiger partial charge in [-0.25, -0.2) is 0 Å². The number of rotatable bonds is 15. The standard InChI is InChI=1S/C36H37N5O4S2/c37-29(21-27-12-6-16-46-27)34(43)40-31(19-23-8-2-1-3-9-23)36(45)41-32(20-24-14-15-25-10-4-5-11-26(25)18-24)35(44)39-30(33(38)42)22-28-13-7-17-47-28/h1-18,29-32H,19-22,37H2,(H2,38,42)(H,39,44)(H,40,43)(H,41,45). The van der Waals surface area contributed by atoms with E-state index in [0.717, 1.165) is 31.7 Å². The summed E-state index contributed by atoms with van der Waals surface area (Å²) in [4.78, 5) is 55.3. The number of benzene rings is 3. The first kappa shape index (κ1) is 33.5. The van der Waals surface area contributed by atoms with Crippen molar-refractivity contribution in [1.82, 2.24) is 16.0 Å². The molecule has 5 rings (SSSR count). The van der Waals surface area contributed by atoms with E-state index in [1.165, 1.54) is 22.7 Å². The van der Waals surface area contributed by atoms with Gasteiger partial charge in [0.2, 0.25) is 23.6 Å². The smallest absolute Gasteiger partial charge is 0.243 e. The van der Waals surface area contributed by atoms with Gasteiger partial charge in [0.05, 0.1) is 6.04 Å². The molecule has 4 atom stereocenters. The van der Waals surface area contributed by atoms with Crippen molar-refractivity contribution >= 4 is 57.1 Å². The van der Waals surface area contributed by atoms with Gasteiger partial charge in [-0.15, -0.1) is 22.7 Å². The number of thiophene rings is 2. The van der Waals surface area contributed by atoms with Crippen LogP contribution in [0.4, 0.5) is 0 Å². The van der Waals surface area contributed by atoms with Gasteiger partial charge in [0.25, 0.3) is 0 Å². The van der Waals surface area contributed by atoms with Crippen molar-refractivity contribution in [3.05, 3.63) is 129 Å². The van der Waals surface area contributed by atoms with E-state index in [0.29, 0.717) is 6.42 Å². The first-order valence-corrected chi connectivity index (χ1v) is 17.0. The van der Waals surface area contributed by atoms with Crippen LogP contribution in [0.1, 0.15) is 20.9 Å². The fourth-order valence-electron chi connectivity index (χ4n) is 5.28. The molecule has 4 unspecified atom stereocenters. The average Bonchev–Trinajstić information content (AvgIpc) is 3.79. The summed E-state index contributed by atoms with van der Waals surface area (Å²) in [5, 5.41) is 14.3. The van der Waals surface area contributed by atoms with E-state index in [4.69, 9.17) is 11.5 Å². The molecule has 2 aromatic heterocycles. The minimum Gasteiger partial charge on any atom is -0.368 e. The van der Waals surface area contributed by atoms with Crippen LogP contribution in [0.2, 0.25) is 0 Å². The van der Waals surface area contributed by atoms with Crippen LogP contribution in [0, 0.1) is 0 Å². The molecular formula is C36H37N5O4S2. The van der Waals surface area contributed by atoms with Gasteiger partial charge in [-0.05, 0) is 44.8 Å². The summed E-state index contributed by atoms with van der Waals surface area (Å²) in [5.74, 6) is -2.28. The predicted molar refractivity (Wildman–Crippen MR) is 187 cm³/mol. The molecule has 0 saturated carbocycles. The van der Waals surface area contributed by atoms with Gasteiger partial charge in [0, 0.05) is 35.4 Å². The topological polar surface area (TPSA) is 156 Å². The highest BCUT2D eigenvalue weighted by Gasteiger charge is 2.31. The van der Waals surface area contributed by atoms with Gasteiger partial charge < -0.3 is 27.4 Å². The molecule has 242 valence electrons. The van der Waals surface area contributed by atoms with Gasteiger partial charge in [0.1, 0.15) is 18.1 Å². The Kier molecular flexibility index (Phi) is 11.5. The van der Waals surface area contributed by atoms with Crippen molar-refractivity contribution in [3.8, 4) is 0 Å². The normalized spacial score (nSPS) is 13.6. The molecule has 0 spiro atoms. The van der Waals surface area contributed by atoms with Crippen LogP contribution in [0.15, 0.2) is 108 Å². The van der Waals surface area contributed by atoms with Crippen molar-refractivity contribution in [2.24, 2.45) is 11.5 Å². The third kappa shape index (κ3) is 9.58. The van der Waals surface area contributed by atoms with Crippen LogP contribution in [-0.2, 0) is 44.9 Å². The molecule has 2 heterocycles.